The lowest BCUT2D eigenvalue weighted by molar-refractivity contribution is 0.198. The van der Waals surface area contributed by atoms with Crippen molar-refractivity contribution in [2.24, 2.45) is 0 Å². The smallest absolute Gasteiger partial charge is 0.322 e. The van der Waals surface area contributed by atoms with Crippen LogP contribution in [0.25, 0.3) is 0 Å². The van der Waals surface area contributed by atoms with Crippen molar-refractivity contribution in [3.63, 3.8) is 0 Å². The van der Waals surface area contributed by atoms with Crippen LogP contribution in [0.3, 0.4) is 0 Å². The zero-order valence-corrected chi connectivity index (χ0v) is 11.5. The maximum absolute atomic E-state index is 12.2. The van der Waals surface area contributed by atoms with E-state index in [0.29, 0.717) is 24.4 Å². The van der Waals surface area contributed by atoms with Gasteiger partial charge >= 0.3 is 6.03 Å². The summed E-state index contributed by atoms with van der Waals surface area (Å²) in [6.07, 6.45) is 0.317. The second kappa shape index (κ2) is 7.27. The Hall–Kier alpha value is -2.22. The van der Waals surface area contributed by atoms with Crippen LogP contribution in [0.2, 0.25) is 0 Å². The fourth-order valence-electron chi connectivity index (χ4n) is 1.70. The molecular weight excluding hydrogens is 242 g/mol. The maximum atomic E-state index is 12.2. The second-order valence-corrected chi connectivity index (χ2v) is 4.33. The number of ether oxygens (including phenoxy) is 1. The van der Waals surface area contributed by atoms with Crippen molar-refractivity contribution < 1.29 is 9.53 Å². The van der Waals surface area contributed by atoms with Crippen LogP contribution in [0.1, 0.15) is 20.3 Å². The molecular formula is C14H19N3O2. The molecule has 1 aromatic rings. The van der Waals surface area contributed by atoms with E-state index >= 15 is 0 Å². The lowest BCUT2D eigenvalue weighted by atomic mass is 10.3. The van der Waals surface area contributed by atoms with E-state index in [4.69, 9.17) is 10.00 Å². The molecule has 0 aliphatic heterocycles. The van der Waals surface area contributed by atoms with Crippen LogP contribution >= 0.6 is 0 Å². The van der Waals surface area contributed by atoms with Crippen LogP contribution < -0.4 is 10.1 Å². The van der Waals surface area contributed by atoms with E-state index in [2.05, 4.69) is 5.32 Å². The molecule has 1 N–H and O–H groups in total. The molecule has 0 unspecified atom stereocenters. The van der Waals surface area contributed by atoms with Crippen molar-refractivity contribution in [2.75, 3.05) is 19.0 Å². The SMILES string of the molecule is COc1ccccc1NC(=O)N(CCC#N)C(C)C. The molecule has 1 rings (SSSR count). The molecule has 19 heavy (non-hydrogen) atoms. The number of methoxy groups -OCH3 is 1. The van der Waals surface area contributed by atoms with Gasteiger partial charge in [0.15, 0.2) is 0 Å². The summed E-state index contributed by atoms with van der Waals surface area (Å²) in [7, 11) is 1.56. The number of carbonyl (C=O) groups excluding carboxylic acids is 1. The highest BCUT2D eigenvalue weighted by molar-refractivity contribution is 5.91. The van der Waals surface area contributed by atoms with Crippen molar-refractivity contribution in [2.45, 2.75) is 26.3 Å². The Morgan fingerprint density at radius 3 is 2.74 bits per heavy atom. The average Bonchev–Trinajstić information content (AvgIpc) is 2.39. The van der Waals surface area contributed by atoms with Crippen LogP contribution in [0.4, 0.5) is 10.5 Å². The Morgan fingerprint density at radius 2 is 2.16 bits per heavy atom. The van der Waals surface area contributed by atoms with Gasteiger partial charge in [0.2, 0.25) is 0 Å². The highest BCUT2D eigenvalue weighted by Crippen LogP contribution is 2.23. The predicted octanol–water partition coefficient (Wildman–Crippen LogP) is 2.85. The normalized spacial score (nSPS) is 9.84. The summed E-state index contributed by atoms with van der Waals surface area (Å²) in [4.78, 5) is 13.8. The number of benzene rings is 1. The van der Waals surface area contributed by atoms with Crippen LogP contribution in [0, 0.1) is 11.3 Å². The van der Waals surface area contributed by atoms with E-state index in [9.17, 15) is 4.79 Å². The maximum Gasteiger partial charge on any atom is 0.322 e. The van der Waals surface area contributed by atoms with Crippen molar-refractivity contribution >= 4 is 11.7 Å². The Bertz CT molecular complexity index is 466. The summed E-state index contributed by atoms with van der Waals surface area (Å²) in [6.45, 7) is 4.24. The zero-order valence-electron chi connectivity index (χ0n) is 11.5. The molecule has 0 heterocycles. The molecule has 0 bridgehead atoms. The highest BCUT2D eigenvalue weighted by atomic mass is 16.5. The predicted molar refractivity (Wildman–Crippen MR) is 74.1 cm³/mol. The first-order valence-corrected chi connectivity index (χ1v) is 6.17. The van der Waals surface area contributed by atoms with Gasteiger partial charge in [-0.25, -0.2) is 4.79 Å². The van der Waals surface area contributed by atoms with E-state index in [-0.39, 0.29) is 12.1 Å². The van der Waals surface area contributed by atoms with E-state index in [1.54, 1.807) is 24.1 Å². The summed E-state index contributed by atoms with van der Waals surface area (Å²) in [6, 6.07) is 9.08. The van der Waals surface area contributed by atoms with E-state index in [0.717, 1.165) is 0 Å². The third-order valence-electron chi connectivity index (χ3n) is 2.70. The Morgan fingerprint density at radius 1 is 1.47 bits per heavy atom. The number of hydrogen-bond acceptors (Lipinski definition) is 3. The second-order valence-electron chi connectivity index (χ2n) is 4.33. The number of carbonyl (C=O) groups is 1. The first-order valence-electron chi connectivity index (χ1n) is 6.17. The lowest BCUT2D eigenvalue weighted by Crippen LogP contribution is -2.40. The van der Waals surface area contributed by atoms with Crippen LogP contribution in [0.15, 0.2) is 24.3 Å². The van der Waals surface area contributed by atoms with Gasteiger partial charge in [0, 0.05) is 12.6 Å². The van der Waals surface area contributed by atoms with Crippen LogP contribution in [0.5, 0.6) is 5.75 Å². The van der Waals surface area contributed by atoms with Crippen LogP contribution in [-0.2, 0) is 0 Å². The van der Waals surface area contributed by atoms with Gasteiger partial charge in [0.25, 0.3) is 0 Å². The first-order chi connectivity index (χ1) is 9.10. The van der Waals surface area contributed by atoms with Crippen molar-refractivity contribution in [1.29, 1.82) is 5.26 Å². The summed E-state index contributed by atoms with van der Waals surface area (Å²) in [5, 5.41) is 11.4. The molecule has 0 aliphatic carbocycles. The fourth-order valence-corrected chi connectivity index (χ4v) is 1.70. The summed E-state index contributed by atoms with van der Waals surface area (Å²) < 4.78 is 5.18. The largest absolute Gasteiger partial charge is 0.495 e. The summed E-state index contributed by atoms with van der Waals surface area (Å²) in [5.74, 6) is 0.611. The molecule has 0 saturated heterocycles. The third kappa shape index (κ3) is 4.18. The molecule has 0 saturated carbocycles. The molecule has 5 nitrogen and oxygen atoms in total. The Kier molecular flexibility index (Phi) is 5.68. The molecule has 0 aromatic heterocycles. The molecule has 0 fully saturated rings. The van der Waals surface area contributed by atoms with Gasteiger partial charge in [0.05, 0.1) is 25.3 Å². The number of amides is 2. The minimum Gasteiger partial charge on any atom is -0.495 e. The van der Waals surface area contributed by atoms with Gasteiger partial charge in [-0.15, -0.1) is 0 Å². The summed E-state index contributed by atoms with van der Waals surface area (Å²) in [5.41, 5.74) is 0.623. The van der Waals surface area contributed by atoms with Crippen LogP contribution in [-0.4, -0.2) is 30.6 Å². The number of nitrogens with one attached hydrogen (secondary N) is 1. The first kappa shape index (κ1) is 14.8. The summed E-state index contributed by atoms with van der Waals surface area (Å²) >= 11 is 0. The molecule has 2 amide bonds. The van der Waals surface area contributed by atoms with Crippen molar-refractivity contribution in [3.8, 4) is 11.8 Å². The van der Waals surface area contributed by atoms with E-state index in [1.807, 2.05) is 32.0 Å². The monoisotopic (exact) mass is 261 g/mol. The van der Waals surface area contributed by atoms with Gasteiger partial charge < -0.3 is 15.0 Å². The zero-order chi connectivity index (χ0) is 14.3. The number of nitrogens with zero attached hydrogens (tertiary/aromatic N) is 2. The van der Waals surface area contributed by atoms with Crippen molar-refractivity contribution in [3.05, 3.63) is 24.3 Å². The highest BCUT2D eigenvalue weighted by Gasteiger charge is 2.17. The third-order valence-corrected chi connectivity index (χ3v) is 2.70. The standard InChI is InChI=1S/C14H19N3O2/c1-11(2)17(10-6-9-15)14(18)16-12-7-4-5-8-13(12)19-3/h4-5,7-8,11H,6,10H2,1-3H3,(H,16,18). The van der Waals surface area contributed by atoms with Gasteiger partial charge in [-0.1, -0.05) is 12.1 Å². The van der Waals surface area contributed by atoms with Gasteiger partial charge in [-0.3, -0.25) is 0 Å². The molecule has 0 aliphatic rings. The molecule has 5 heteroatoms. The quantitative estimate of drug-likeness (QED) is 0.886. The van der Waals surface area contributed by atoms with E-state index in [1.165, 1.54) is 0 Å². The lowest BCUT2D eigenvalue weighted by Gasteiger charge is -2.26. The fraction of sp³-hybridized carbons (Fsp3) is 0.429. The number of rotatable bonds is 5. The molecule has 0 spiro atoms. The molecule has 102 valence electrons. The van der Waals surface area contributed by atoms with Gasteiger partial charge in [0.1, 0.15) is 5.75 Å². The minimum absolute atomic E-state index is 0.0306. The Labute approximate surface area is 113 Å². The van der Waals surface area contributed by atoms with Gasteiger partial charge in [-0.2, -0.15) is 5.26 Å². The topological polar surface area (TPSA) is 65.4 Å². The van der Waals surface area contributed by atoms with E-state index < -0.39 is 0 Å². The molecule has 0 atom stereocenters. The molecule has 1 aromatic carbocycles. The Balaban J connectivity index is 2.79. The number of nitriles is 1. The number of anilines is 1. The van der Waals surface area contributed by atoms with Crippen molar-refractivity contribution in [1.82, 2.24) is 4.90 Å². The van der Waals surface area contributed by atoms with Gasteiger partial charge in [-0.05, 0) is 26.0 Å². The number of para-hydroxylation sites is 2. The minimum atomic E-state index is -0.227. The number of urea groups is 1. The molecule has 0 radical (unpaired) electrons. The number of hydrogen-bond donors (Lipinski definition) is 1. The average molecular weight is 261 g/mol.